The Hall–Kier alpha value is -1.51. The van der Waals surface area contributed by atoms with Gasteiger partial charge in [0.05, 0.1) is 13.2 Å². The van der Waals surface area contributed by atoms with E-state index in [0.29, 0.717) is 5.02 Å². The molecule has 2 rings (SSSR count). The molecule has 0 saturated heterocycles. The number of ether oxygens (including phenoxy) is 1. The van der Waals surface area contributed by atoms with Crippen LogP contribution in [-0.4, -0.2) is 7.11 Å². The topological polar surface area (TPSA) is 35.2 Å². The van der Waals surface area contributed by atoms with E-state index in [1.807, 2.05) is 48.5 Å². The number of methoxy groups -OCH3 is 1. The summed E-state index contributed by atoms with van der Waals surface area (Å²) in [5.74, 6) is 0.796. The number of rotatable bonds is 3. The van der Waals surface area contributed by atoms with Crippen molar-refractivity contribution in [3.05, 3.63) is 64.7 Å². The van der Waals surface area contributed by atoms with E-state index >= 15 is 0 Å². The van der Waals surface area contributed by atoms with Crippen LogP contribution < -0.4 is 10.5 Å². The van der Waals surface area contributed by atoms with Gasteiger partial charge in [-0.2, -0.15) is 0 Å². The van der Waals surface area contributed by atoms with Crippen LogP contribution in [0.1, 0.15) is 17.2 Å². The minimum atomic E-state index is -0.237. The van der Waals surface area contributed by atoms with E-state index in [9.17, 15) is 0 Å². The Morgan fingerprint density at radius 3 is 2.59 bits per heavy atom. The van der Waals surface area contributed by atoms with Gasteiger partial charge >= 0.3 is 0 Å². The smallest absolute Gasteiger partial charge is 0.119 e. The van der Waals surface area contributed by atoms with Gasteiger partial charge in [0.2, 0.25) is 0 Å². The fraction of sp³-hybridized carbons (Fsp3) is 0.143. The van der Waals surface area contributed by atoms with Gasteiger partial charge in [0, 0.05) is 5.02 Å². The highest BCUT2D eigenvalue weighted by Crippen LogP contribution is 2.27. The summed E-state index contributed by atoms with van der Waals surface area (Å²) in [6.45, 7) is 0. The lowest BCUT2D eigenvalue weighted by Gasteiger charge is -2.14. The lowest BCUT2D eigenvalue weighted by atomic mass is 9.99. The van der Waals surface area contributed by atoms with Crippen molar-refractivity contribution in [2.75, 3.05) is 7.11 Å². The third-order valence-corrected chi connectivity index (χ3v) is 3.04. The Labute approximate surface area is 106 Å². The zero-order chi connectivity index (χ0) is 12.3. The standard InChI is InChI=1S/C14H14ClNO/c1-17-11-6-4-5-10(9-11)14(16)12-7-2-3-8-13(12)15/h2-9,14H,16H2,1H3/t14-/m1/s1. The van der Waals surface area contributed by atoms with E-state index in [1.54, 1.807) is 7.11 Å². The summed E-state index contributed by atoms with van der Waals surface area (Å²) in [6.07, 6.45) is 0. The van der Waals surface area contributed by atoms with Crippen molar-refractivity contribution in [3.8, 4) is 5.75 Å². The largest absolute Gasteiger partial charge is 0.497 e. The third kappa shape index (κ3) is 2.60. The number of nitrogens with two attached hydrogens (primary N) is 1. The summed E-state index contributed by atoms with van der Waals surface area (Å²) >= 11 is 6.13. The summed E-state index contributed by atoms with van der Waals surface area (Å²) in [5, 5.41) is 0.683. The number of hydrogen-bond donors (Lipinski definition) is 1. The van der Waals surface area contributed by atoms with Crippen molar-refractivity contribution in [1.82, 2.24) is 0 Å². The summed E-state index contributed by atoms with van der Waals surface area (Å²) in [7, 11) is 1.64. The molecule has 0 aliphatic rings. The molecule has 0 spiro atoms. The van der Waals surface area contributed by atoms with E-state index < -0.39 is 0 Å². The molecule has 0 bridgehead atoms. The van der Waals surface area contributed by atoms with Gasteiger partial charge in [0.25, 0.3) is 0 Å². The van der Waals surface area contributed by atoms with E-state index in [-0.39, 0.29) is 6.04 Å². The molecule has 0 aliphatic carbocycles. The first-order valence-electron chi connectivity index (χ1n) is 5.36. The molecule has 2 aromatic carbocycles. The predicted molar refractivity (Wildman–Crippen MR) is 70.5 cm³/mol. The maximum Gasteiger partial charge on any atom is 0.119 e. The fourth-order valence-electron chi connectivity index (χ4n) is 1.74. The molecular formula is C14H14ClNO. The van der Waals surface area contributed by atoms with Gasteiger partial charge < -0.3 is 10.5 Å². The Kier molecular flexibility index (Phi) is 3.67. The second kappa shape index (κ2) is 5.21. The molecule has 0 radical (unpaired) electrons. The Bertz CT molecular complexity index is 513. The van der Waals surface area contributed by atoms with Gasteiger partial charge in [0.1, 0.15) is 5.75 Å². The normalized spacial score (nSPS) is 12.2. The highest BCUT2D eigenvalue weighted by molar-refractivity contribution is 6.31. The van der Waals surface area contributed by atoms with Crippen LogP contribution in [-0.2, 0) is 0 Å². The molecule has 17 heavy (non-hydrogen) atoms. The lowest BCUT2D eigenvalue weighted by Crippen LogP contribution is -2.12. The van der Waals surface area contributed by atoms with Gasteiger partial charge in [0.15, 0.2) is 0 Å². The van der Waals surface area contributed by atoms with Crippen LogP contribution in [0.4, 0.5) is 0 Å². The summed E-state index contributed by atoms with van der Waals surface area (Å²) < 4.78 is 5.18. The minimum absolute atomic E-state index is 0.237. The van der Waals surface area contributed by atoms with Crippen LogP contribution in [0.25, 0.3) is 0 Å². The molecule has 0 saturated carbocycles. The first-order valence-corrected chi connectivity index (χ1v) is 5.74. The van der Waals surface area contributed by atoms with Crippen molar-refractivity contribution in [2.45, 2.75) is 6.04 Å². The van der Waals surface area contributed by atoms with Gasteiger partial charge in [-0.05, 0) is 29.3 Å². The average Bonchev–Trinajstić information content (AvgIpc) is 2.38. The summed E-state index contributed by atoms with van der Waals surface area (Å²) in [4.78, 5) is 0. The molecule has 2 nitrogen and oxygen atoms in total. The van der Waals surface area contributed by atoms with E-state index in [1.165, 1.54) is 0 Å². The first-order chi connectivity index (χ1) is 8.22. The van der Waals surface area contributed by atoms with Gasteiger partial charge in [-0.15, -0.1) is 0 Å². The van der Waals surface area contributed by atoms with Crippen LogP contribution in [0.2, 0.25) is 5.02 Å². The summed E-state index contributed by atoms with van der Waals surface area (Å²) in [5.41, 5.74) is 8.10. The van der Waals surface area contributed by atoms with Crippen LogP contribution in [0, 0.1) is 0 Å². The van der Waals surface area contributed by atoms with Crippen molar-refractivity contribution < 1.29 is 4.74 Å². The zero-order valence-corrected chi connectivity index (χ0v) is 10.3. The van der Waals surface area contributed by atoms with Gasteiger partial charge in [-0.25, -0.2) is 0 Å². The minimum Gasteiger partial charge on any atom is -0.497 e. The summed E-state index contributed by atoms with van der Waals surface area (Å²) in [6, 6.07) is 15.1. The van der Waals surface area contributed by atoms with Crippen molar-refractivity contribution in [3.63, 3.8) is 0 Å². The highest BCUT2D eigenvalue weighted by Gasteiger charge is 2.12. The molecule has 0 aromatic heterocycles. The average molecular weight is 248 g/mol. The van der Waals surface area contributed by atoms with Gasteiger partial charge in [-0.3, -0.25) is 0 Å². The highest BCUT2D eigenvalue weighted by atomic mass is 35.5. The molecule has 0 fully saturated rings. The molecule has 2 aromatic rings. The predicted octanol–water partition coefficient (Wildman–Crippen LogP) is 3.40. The fourth-order valence-corrected chi connectivity index (χ4v) is 2.00. The lowest BCUT2D eigenvalue weighted by molar-refractivity contribution is 0.414. The third-order valence-electron chi connectivity index (χ3n) is 2.69. The quantitative estimate of drug-likeness (QED) is 0.902. The Morgan fingerprint density at radius 1 is 1.12 bits per heavy atom. The molecule has 88 valence electrons. The SMILES string of the molecule is COc1cccc([C@@H](N)c2ccccc2Cl)c1. The molecule has 0 heterocycles. The molecule has 2 N–H and O–H groups in total. The van der Waals surface area contributed by atoms with Crippen LogP contribution in [0.15, 0.2) is 48.5 Å². The van der Waals surface area contributed by atoms with Crippen LogP contribution in [0.3, 0.4) is 0 Å². The molecule has 3 heteroatoms. The van der Waals surface area contributed by atoms with Crippen LogP contribution >= 0.6 is 11.6 Å². The van der Waals surface area contributed by atoms with E-state index in [4.69, 9.17) is 22.1 Å². The molecule has 0 amide bonds. The van der Waals surface area contributed by atoms with Crippen molar-refractivity contribution >= 4 is 11.6 Å². The first kappa shape index (κ1) is 12.0. The number of halogens is 1. The molecular weight excluding hydrogens is 234 g/mol. The molecule has 0 aliphatic heterocycles. The second-order valence-electron chi connectivity index (χ2n) is 3.78. The Morgan fingerprint density at radius 2 is 1.88 bits per heavy atom. The van der Waals surface area contributed by atoms with Crippen molar-refractivity contribution in [1.29, 1.82) is 0 Å². The number of hydrogen-bond acceptors (Lipinski definition) is 2. The maximum atomic E-state index is 6.20. The Balaban J connectivity index is 2.37. The van der Waals surface area contributed by atoms with Crippen LogP contribution in [0.5, 0.6) is 5.75 Å². The van der Waals surface area contributed by atoms with Crippen molar-refractivity contribution in [2.24, 2.45) is 5.73 Å². The van der Waals surface area contributed by atoms with E-state index in [0.717, 1.165) is 16.9 Å². The molecule has 1 atom stereocenters. The second-order valence-corrected chi connectivity index (χ2v) is 4.18. The van der Waals surface area contributed by atoms with Gasteiger partial charge in [-0.1, -0.05) is 41.9 Å². The maximum absolute atomic E-state index is 6.20. The van der Waals surface area contributed by atoms with E-state index in [2.05, 4.69) is 0 Å². The number of benzene rings is 2. The monoisotopic (exact) mass is 247 g/mol. The molecule has 0 unspecified atom stereocenters. The zero-order valence-electron chi connectivity index (χ0n) is 9.56.